The first-order valence-corrected chi connectivity index (χ1v) is 10.0. The van der Waals surface area contributed by atoms with Gasteiger partial charge in [-0.15, -0.1) is 0 Å². The molecule has 8 heteroatoms. The van der Waals surface area contributed by atoms with Crippen LogP contribution in [0.1, 0.15) is 39.0 Å². The zero-order valence-electron chi connectivity index (χ0n) is 16.5. The Morgan fingerprint density at radius 1 is 1.32 bits per heavy atom. The molecule has 7 nitrogen and oxygen atoms in total. The highest BCUT2D eigenvalue weighted by Gasteiger charge is 2.52. The van der Waals surface area contributed by atoms with Gasteiger partial charge in [-0.05, 0) is 49.8 Å². The summed E-state index contributed by atoms with van der Waals surface area (Å²) < 4.78 is 0. The summed E-state index contributed by atoms with van der Waals surface area (Å²) in [5.41, 5.74) is 0.477. The number of carbonyl (C=O) groups excluding carboxylic acids is 3. The van der Waals surface area contributed by atoms with Crippen molar-refractivity contribution in [2.45, 2.75) is 44.6 Å². The molecule has 0 atom stereocenters. The Morgan fingerprint density at radius 2 is 2.00 bits per heavy atom. The lowest BCUT2D eigenvalue weighted by molar-refractivity contribution is -0.135. The van der Waals surface area contributed by atoms with E-state index in [-0.39, 0.29) is 12.5 Å². The van der Waals surface area contributed by atoms with Gasteiger partial charge >= 0.3 is 6.03 Å². The Kier molecular flexibility index (Phi) is 5.84. The van der Waals surface area contributed by atoms with Gasteiger partial charge in [0.15, 0.2) is 0 Å². The van der Waals surface area contributed by atoms with Gasteiger partial charge in [0, 0.05) is 19.1 Å². The minimum Gasteiger partial charge on any atom is -0.376 e. The molecule has 1 heterocycles. The molecule has 152 valence electrons. The van der Waals surface area contributed by atoms with Gasteiger partial charge in [0.05, 0.1) is 11.4 Å². The molecule has 1 aliphatic heterocycles. The van der Waals surface area contributed by atoms with Crippen LogP contribution in [-0.4, -0.2) is 48.9 Å². The van der Waals surface area contributed by atoms with Crippen LogP contribution in [0.4, 0.5) is 16.2 Å². The van der Waals surface area contributed by atoms with Crippen molar-refractivity contribution in [3.8, 4) is 0 Å². The molecule has 0 radical (unpaired) electrons. The number of hydrogen-bond acceptors (Lipinski definition) is 4. The van der Waals surface area contributed by atoms with Crippen LogP contribution in [0.5, 0.6) is 0 Å². The third kappa shape index (κ3) is 3.94. The molecule has 1 saturated carbocycles. The van der Waals surface area contributed by atoms with Gasteiger partial charge in [0.1, 0.15) is 12.1 Å². The third-order valence-corrected chi connectivity index (χ3v) is 6.03. The van der Waals surface area contributed by atoms with Crippen molar-refractivity contribution in [2.24, 2.45) is 5.92 Å². The van der Waals surface area contributed by atoms with E-state index in [9.17, 15) is 14.4 Å². The number of nitrogens with zero attached hydrogens (tertiary/aromatic N) is 2. The third-order valence-electron chi connectivity index (χ3n) is 5.80. The highest BCUT2D eigenvalue weighted by Crippen LogP contribution is 2.37. The van der Waals surface area contributed by atoms with Gasteiger partial charge in [-0.1, -0.05) is 24.9 Å². The predicted molar refractivity (Wildman–Crippen MR) is 110 cm³/mol. The summed E-state index contributed by atoms with van der Waals surface area (Å²) in [6, 6.07) is 4.69. The molecule has 1 saturated heterocycles. The molecule has 2 aliphatic rings. The molecule has 1 spiro atoms. The fourth-order valence-electron chi connectivity index (χ4n) is 4.07. The smallest absolute Gasteiger partial charge is 0.325 e. The number of carbonyl (C=O) groups is 3. The lowest BCUT2D eigenvalue weighted by Crippen LogP contribution is -2.49. The Labute approximate surface area is 170 Å². The monoisotopic (exact) mass is 406 g/mol. The Hall–Kier alpha value is -2.28. The summed E-state index contributed by atoms with van der Waals surface area (Å²) in [6.45, 7) is 1.83. The molecule has 0 unspecified atom stereocenters. The average molecular weight is 407 g/mol. The summed E-state index contributed by atoms with van der Waals surface area (Å²) in [5, 5.41) is 6.11. The van der Waals surface area contributed by atoms with E-state index in [0.717, 1.165) is 29.8 Å². The Bertz CT molecular complexity index is 788. The molecular formula is C20H27ClN4O3. The van der Waals surface area contributed by atoms with Crippen LogP contribution in [0, 0.1) is 5.92 Å². The van der Waals surface area contributed by atoms with Crippen LogP contribution in [0.25, 0.3) is 0 Å². The molecule has 1 aromatic rings. The van der Waals surface area contributed by atoms with E-state index >= 15 is 0 Å². The zero-order valence-corrected chi connectivity index (χ0v) is 17.3. The Morgan fingerprint density at radius 3 is 2.61 bits per heavy atom. The van der Waals surface area contributed by atoms with Gasteiger partial charge in [-0.3, -0.25) is 14.5 Å². The van der Waals surface area contributed by atoms with E-state index in [1.54, 1.807) is 18.2 Å². The maximum atomic E-state index is 12.9. The van der Waals surface area contributed by atoms with Crippen molar-refractivity contribution in [3.05, 3.63) is 23.2 Å². The number of benzene rings is 1. The first-order chi connectivity index (χ1) is 13.3. The SMILES string of the molecule is CCC1CCC2(CC1)NC(=O)N(CC(=O)Nc1cc(Cl)ccc1N(C)C)C2=O. The molecular weight excluding hydrogens is 380 g/mol. The minimum absolute atomic E-state index is 0.291. The van der Waals surface area contributed by atoms with Gasteiger partial charge < -0.3 is 15.5 Å². The first-order valence-electron chi connectivity index (χ1n) is 9.66. The van der Waals surface area contributed by atoms with Crippen LogP contribution in [0.2, 0.25) is 5.02 Å². The standard InChI is InChI=1S/C20H27ClN4O3/c1-4-13-7-9-20(10-8-13)18(27)25(19(28)23-20)12-17(26)22-15-11-14(21)5-6-16(15)24(2)3/h5-6,11,13H,4,7-10,12H2,1-3H3,(H,22,26)(H,23,28). The number of rotatable bonds is 5. The summed E-state index contributed by atoms with van der Waals surface area (Å²) in [5.74, 6) is -0.130. The molecule has 28 heavy (non-hydrogen) atoms. The molecule has 2 fully saturated rings. The van der Waals surface area contributed by atoms with E-state index < -0.39 is 17.5 Å². The molecule has 2 N–H and O–H groups in total. The molecule has 1 aromatic carbocycles. The Balaban J connectivity index is 1.69. The number of hydrogen-bond donors (Lipinski definition) is 2. The van der Waals surface area contributed by atoms with Crippen molar-refractivity contribution in [1.29, 1.82) is 0 Å². The lowest BCUT2D eigenvalue weighted by Gasteiger charge is -2.34. The van der Waals surface area contributed by atoms with Gasteiger partial charge in [-0.25, -0.2) is 4.79 Å². The lowest BCUT2D eigenvalue weighted by atomic mass is 9.75. The van der Waals surface area contributed by atoms with Crippen LogP contribution in [0.15, 0.2) is 18.2 Å². The second-order valence-corrected chi connectivity index (χ2v) is 8.30. The summed E-state index contributed by atoms with van der Waals surface area (Å²) in [4.78, 5) is 40.8. The van der Waals surface area contributed by atoms with Crippen molar-refractivity contribution >= 4 is 40.8 Å². The van der Waals surface area contributed by atoms with Crippen LogP contribution < -0.4 is 15.5 Å². The number of urea groups is 1. The second kappa shape index (κ2) is 7.99. The minimum atomic E-state index is -0.839. The van der Waals surface area contributed by atoms with Crippen LogP contribution in [0.3, 0.4) is 0 Å². The van der Waals surface area contributed by atoms with Crippen molar-refractivity contribution in [2.75, 3.05) is 30.9 Å². The normalized spacial score (nSPS) is 24.4. The molecule has 0 bridgehead atoms. The van der Waals surface area contributed by atoms with Gasteiger partial charge in [0.25, 0.3) is 5.91 Å². The second-order valence-electron chi connectivity index (χ2n) is 7.86. The molecule has 3 rings (SSSR count). The maximum absolute atomic E-state index is 12.9. The van der Waals surface area contributed by atoms with E-state index in [4.69, 9.17) is 11.6 Å². The van der Waals surface area contributed by atoms with Gasteiger partial charge in [0.2, 0.25) is 5.91 Å². The van der Waals surface area contributed by atoms with Crippen molar-refractivity contribution < 1.29 is 14.4 Å². The summed E-state index contributed by atoms with van der Waals surface area (Å²) in [7, 11) is 3.71. The average Bonchev–Trinajstić information content (AvgIpc) is 2.86. The summed E-state index contributed by atoms with van der Waals surface area (Å²) >= 11 is 6.04. The maximum Gasteiger partial charge on any atom is 0.325 e. The number of anilines is 2. The fourth-order valence-corrected chi connectivity index (χ4v) is 4.24. The summed E-state index contributed by atoms with van der Waals surface area (Å²) in [6.07, 6.45) is 4.17. The van der Waals surface area contributed by atoms with Crippen LogP contribution in [-0.2, 0) is 9.59 Å². The number of halogens is 1. The van der Waals surface area contributed by atoms with E-state index in [2.05, 4.69) is 17.6 Å². The molecule has 4 amide bonds. The number of nitrogens with one attached hydrogen (secondary N) is 2. The van der Waals surface area contributed by atoms with E-state index in [1.165, 1.54) is 0 Å². The molecule has 0 aromatic heterocycles. The van der Waals surface area contributed by atoms with E-state index in [0.29, 0.717) is 29.5 Å². The topological polar surface area (TPSA) is 81.8 Å². The predicted octanol–water partition coefficient (Wildman–Crippen LogP) is 3.24. The highest BCUT2D eigenvalue weighted by atomic mass is 35.5. The quantitative estimate of drug-likeness (QED) is 0.735. The fraction of sp³-hybridized carbons (Fsp3) is 0.550. The first kappa shape index (κ1) is 20.5. The largest absolute Gasteiger partial charge is 0.376 e. The van der Waals surface area contributed by atoms with Gasteiger partial charge in [-0.2, -0.15) is 0 Å². The van der Waals surface area contributed by atoms with Crippen molar-refractivity contribution in [1.82, 2.24) is 10.2 Å². The highest BCUT2D eigenvalue weighted by molar-refractivity contribution is 6.31. The number of amides is 4. The van der Waals surface area contributed by atoms with E-state index in [1.807, 2.05) is 19.0 Å². The molecule has 1 aliphatic carbocycles. The number of imide groups is 1. The van der Waals surface area contributed by atoms with Crippen LogP contribution >= 0.6 is 11.6 Å². The van der Waals surface area contributed by atoms with Crippen molar-refractivity contribution in [3.63, 3.8) is 0 Å². The zero-order chi connectivity index (χ0) is 20.5.